The van der Waals surface area contributed by atoms with Crippen LogP contribution in [0.15, 0.2) is 24.3 Å². The molecular weight excluding hydrogens is 403 g/mol. The van der Waals surface area contributed by atoms with Gasteiger partial charge < -0.3 is 17.3 Å². The Morgan fingerprint density at radius 1 is 1.08 bits per heavy atom. The number of fused-ring (bicyclic) bond motifs is 1. The summed E-state index contributed by atoms with van der Waals surface area (Å²) in [6.07, 6.45) is 11.1. The summed E-state index contributed by atoms with van der Waals surface area (Å²) in [7, 11) is 8.40. The van der Waals surface area contributed by atoms with Gasteiger partial charge in [0.05, 0.1) is 0 Å². The number of halogens is 2. The Labute approximate surface area is 173 Å². The summed E-state index contributed by atoms with van der Waals surface area (Å²) in [5.74, 6) is 3.27. The first kappa shape index (κ1) is 23.9. The second kappa shape index (κ2) is 11.0. The van der Waals surface area contributed by atoms with Crippen molar-refractivity contribution in [3.8, 4) is 0 Å². The van der Waals surface area contributed by atoms with Crippen molar-refractivity contribution < 1.29 is 17.0 Å². The molecule has 3 rings (SSSR count). The molecule has 0 radical (unpaired) electrons. The molecule has 0 spiro atoms. The molecule has 0 amide bonds. The van der Waals surface area contributed by atoms with Crippen LogP contribution >= 0.6 is 18.6 Å². The topological polar surface area (TPSA) is 17.3 Å². The van der Waals surface area contributed by atoms with E-state index in [1.54, 1.807) is 0 Å². The first-order valence-electron chi connectivity index (χ1n) is 9.13. The quantitative estimate of drug-likeness (QED) is 0.385. The summed E-state index contributed by atoms with van der Waals surface area (Å²) in [5, 5.41) is 4.55. The van der Waals surface area contributed by atoms with Gasteiger partial charge in [0.15, 0.2) is 0 Å². The van der Waals surface area contributed by atoms with Gasteiger partial charge in [0.2, 0.25) is 0 Å². The molecule has 0 aromatic rings. The van der Waals surface area contributed by atoms with E-state index < -0.39 is 25.3 Å². The van der Waals surface area contributed by atoms with Crippen LogP contribution in [-0.2, 0) is 17.0 Å². The van der Waals surface area contributed by atoms with Crippen LogP contribution in [0, 0.1) is 31.1 Å². The average molecular weight is 437 g/mol. The number of hydrogen-bond acceptors (Lipinski definition) is 1. The second-order valence-corrected chi connectivity index (χ2v) is 15.3. The Hall–Kier alpha value is 0.911. The van der Waals surface area contributed by atoms with Crippen LogP contribution in [0.1, 0.15) is 20.3 Å². The Morgan fingerprint density at radius 3 is 2.12 bits per heavy atom. The predicted molar refractivity (Wildman–Crippen MR) is 112 cm³/mol. The first-order chi connectivity index (χ1) is 11.4. The molecule has 144 valence electrons. The molecule has 0 bridgehead atoms. The van der Waals surface area contributed by atoms with Gasteiger partial charge >= 0.3 is 35.6 Å². The van der Waals surface area contributed by atoms with Gasteiger partial charge in [0.1, 0.15) is 8.24 Å². The molecule has 6 heteroatoms. The van der Waals surface area contributed by atoms with E-state index in [1.807, 2.05) is 0 Å². The molecule has 2 fully saturated rings. The van der Waals surface area contributed by atoms with E-state index in [2.05, 4.69) is 61.1 Å². The standard InChI is InChI=1S/C18H31N2Si.CH3.2ClH.Ti/c1-14(2)17-13-18(16-8-6-5-7-15(16)17)21(3,4)20-11-9-19-10-12-20;;;;/h5-8,14-18H,9-13H2,1-4H3;1H3;2*1H;/q2*-1;;;+2/p-2/t15?,16?,17-,18?;;;;/m1..../s1. The van der Waals surface area contributed by atoms with Crippen LogP contribution in [0.25, 0.3) is 5.32 Å². The minimum absolute atomic E-state index is 0. The first-order valence-corrected chi connectivity index (χ1v) is 16.4. The van der Waals surface area contributed by atoms with E-state index >= 15 is 0 Å². The molecule has 1 saturated heterocycles. The number of allylic oxidation sites excluding steroid dienone is 4. The van der Waals surface area contributed by atoms with E-state index in [4.69, 9.17) is 18.6 Å². The van der Waals surface area contributed by atoms with Gasteiger partial charge in [-0.15, -0.1) is 13.1 Å². The van der Waals surface area contributed by atoms with Crippen molar-refractivity contribution in [2.75, 3.05) is 26.2 Å². The third kappa shape index (κ3) is 5.70. The van der Waals surface area contributed by atoms with Crippen molar-refractivity contribution in [3.05, 3.63) is 37.0 Å². The maximum atomic E-state index is 4.89. The van der Waals surface area contributed by atoms with Crippen molar-refractivity contribution in [2.24, 2.45) is 23.7 Å². The van der Waals surface area contributed by atoms with E-state index in [-0.39, 0.29) is 7.43 Å². The van der Waals surface area contributed by atoms with E-state index in [9.17, 15) is 0 Å². The van der Waals surface area contributed by atoms with Gasteiger partial charge in [0, 0.05) is 0 Å². The summed E-state index contributed by atoms with van der Waals surface area (Å²) in [4.78, 5) is 0. The van der Waals surface area contributed by atoms with Gasteiger partial charge in [-0.3, -0.25) is 0 Å². The van der Waals surface area contributed by atoms with Gasteiger partial charge in [-0.05, 0) is 48.7 Å². The van der Waals surface area contributed by atoms with Gasteiger partial charge in [-0.25, -0.2) is 0 Å². The normalized spacial score (nSPS) is 31.8. The Morgan fingerprint density at radius 2 is 1.60 bits per heavy atom. The number of hydrogen-bond donors (Lipinski definition) is 0. The molecule has 25 heavy (non-hydrogen) atoms. The number of piperazine rings is 1. The minimum atomic E-state index is -1.38. The molecule has 3 aliphatic rings. The van der Waals surface area contributed by atoms with Crippen LogP contribution < -0.4 is 0 Å². The fourth-order valence-electron chi connectivity index (χ4n) is 4.97. The SMILES string of the molecule is CC(C)[C@H]1CC([Si](C)(C)N2CC[N-]CC2)C2C=CC=CC21.[CH3-].[Cl][Ti][Cl]. The zero-order valence-electron chi connectivity index (χ0n) is 16.4. The average Bonchev–Trinajstić information content (AvgIpc) is 2.97. The van der Waals surface area contributed by atoms with Crippen LogP contribution in [-0.4, -0.2) is 39.0 Å². The molecule has 1 saturated carbocycles. The Kier molecular flexibility index (Phi) is 10.6. The molecule has 2 nitrogen and oxygen atoms in total. The fraction of sp³-hybridized carbons (Fsp3) is 0.737. The number of nitrogens with zero attached hydrogens (tertiary/aromatic N) is 2. The molecule has 1 aliphatic heterocycles. The van der Waals surface area contributed by atoms with Crippen LogP contribution in [0.3, 0.4) is 0 Å². The Bertz CT molecular complexity index is 451. The monoisotopic (exact) mass is 436 g/mol. The molecule has 0 aromatic heterocycles. The summed E-state index contributed by atoms with van der Waals surface area (Å²) >= 11 is -0.556. The van der Waals surface area contributed by atoms with E-state index in [1.165, 1.54) is 19.5 Å². The van der Waals surface area contributed by atoms with Crippen molar-refractivity contribution in [2.45, 2.75) is 38.9 Å². The molecule has 0 N–H and O–H groups in total. The van der Waals surface area contributed by atoms with Crippen molar-refractivity contribution >= 4 is 26.8 Å². The molecule has 2 aliphatic carbocycles. The molecule has 1 heterocycles. The summed E-state index contributed by atoms with van der Waals surface area (Å²) in [6.45, 7) is 14.6. The summed E-state index contributed by atoms with van der Waals surface area (Å²) in [5.41, 5.74) is 0.911. The van der Waals surface area contributed by atoms with E-state index in [0.717, 1.165) is 42.3 Å². The third-order valence-corrected chi connectivity index (χ3v) is 10.9. The number of rotatable bonds is 3. The second-order valence-electron chi connectivity index (χ2n) is 8.06. The van der Waals surface area contributed by atoms with Crippen molar-refractivity contribution in [1.82, 2.24) is 4.57 Å². The van der Waals surface area contributed by atoms with Crippen molar-refractivity contribution in [3.63, 3.8) is 0 Å². The third-order valence-electron chi connectivity index (χ3n) is 6.34. The maximum absolute atomic E-state index is 4.89. The fourth-order valence-corrected chi connectivity index (χ4v) is 8.92. The van der Waals surface area contributed by atoms with E-state index in [0.29, 0.717) is 0 Å². The van der Waals surface area contributed by atoms with Crippen LogP contribution in [0.2, 0.25) is 18.6 Å². The summed E-state index contributed by atoms with van der Waals surface area (Å²) in [6, 6.07) is 0. The summed E-state index contributed by atoms with van der Waals surface area (Å²) < 4.78 is 2.84. The molecule has 0 aromatic carbocycles. The molecular formula is C19H34Cl2N2SiTi-2. The van der Waals surface area contributed by atoms with Gasteiger partial charge in [-0.1, -0.05) is 51.2 Å². The van der Waals surface area contributed by atoms with Crippen LogP contribution in [0.4, 0.5) is 0 Å². The van der Waals surface area contributed by atoms with Crippen LogP contribution in [0.5, 0.6) is 0 Å². The Balaban J connectivity index is 0.000000730. The zero-order chi connectivity index (χ0) is 17.7. The van der Waals surface area contributed by atoms with Gasteiger partial charge in [0.25, 0.3) is 0 Å². The van der Waals surface area contributed by atoms with Gasteiger partial charge in [-0.2, -0.15) is 0 Å². The predicted octanol–water partition coefficient (Wildman–Crippen LogP) is 6.11. The molecule has 4 atom stereocenters. The van der Waals surface area contributed by atoms with Crippen molar-refractivity contribution in [1.29, 1.82) is 0 Å². The molecule has 3 unspecified atom stereocenters. The zero-order valence-corrected chi connectivity index (χ0v) is 20.5.